The van der Waals surface area contributed by atoms with E-state index in [4.69, 9.17) is 14.2 Å². The van der Waals surface area contributed by atoms with Crippen LogP contribution in [0.2, 0.25) is 0 Å². The van der Waals surface area contributed by atoms with Gasteiger partial charge in [0.2, 0.25) is 0 Å². The van der Waals surface area contributed by atoms with E-state index >= 15 is 0 Å². The highest BCUT2D eigenvalue weighted by molar-refractivity contribution is 5.98. The zero-order valence-corrected chi connectivity index (χ0v) is 13.4. The number of fused-ring (bicyclic) bond motifs is 4. The van der Waals surface area contributed by atoms with Crippen molar-refractivity contribution in [1.82, 2.24) is 0 Å². The van der Waals surface area contributed by atoms with E-state index in [9.17, 15) is 4.79 Å². The quantitative estimate of drug-likeness (QED) is 0.478. The molecule has 0 fully saturated rings. The van der Waals surface area contributed by atoms with E-state index in [0.29, 0.717) is 34.3 Å². The van der Waals surface area contributed by atoms with Gasteiger partial charge in [-0.2, -0.15) is 0 Å². The van der Waals surface area contributed by atoms with E-state index in [-0.39, 0.29) is 6.10 Å². The van der Waals surface area contributed by atoms with Crippen LogP contribution in [-0.4, -0.2) is 12.4 Å². The van der Waals surface area contributed by atoms with E-state index in [1.807, 2.05) is 50.2 Å². The summed E-state index contributed by atoms with van der Waals surface area (Å²) in [6, 6.07) is 15.0. The fraction of sp³-hybridized carbons (Fsp3) is 0.150. The summed E-state index contributed by atoms with van der Waals surface area (Å²) >= 11 is 0. The summed E-state index contributed by atoms with van der Waals surface area (Å²) in [6.07, 6.45) is 0.859. The Morgan fingerprint density at radius 1 is 0.958 bits per heavy atom. The largest absolute Gasteiger partial charge is 0.491 e. The molecule has 0 bridgehead atoms. The topological polar surface area (TPSA) is 44.8 Å². The summed E-state index contributed by atoms with van der Waals surface area (Å²) in [7, 11) is 0. The Morgan fingerprint density at radius 3 is 2.54 bits per heavy atom. The molecule has 4 heteroatoms. The van der Waals surface area contributed by atoms with E-state index in [0.717, 1.165) is 17.1 Å². The molecule has 120 valence electrons. The first-order valence-corrected chi connectivity index (χ1v) is 7.83. The number of hydrogen-bond acceptors (Lipinski definition) is 4. The Bertz CT molecular complexity index is 944. The number of carbonyl (C=O) groups excluding carboxylic acids is 1. The highest BCUT2D eigenvalue weighted by Gasteiger charge is 2.25. The van der Waals surface area contributed by atoms with E-state index < -0.39 is 0 Å². The Morgan fingerprint density at radius 2 is 1.75 bits per heavy atom. The van der Waals surface area contributed by atoms with Gasteiger partial charge in [0.05, 0.1) is 11.7 Å². The molecule has 0 amide bonds. The summed E-state index contributed by atoms with van der Waals surface area (Å²) in [6.45, 7) is 3.94. The van der Waals surface area contributed by atoms with Gasteiger partial charge in [-0.1, -0.05) is 24.3 Å². The van der Waals surface area contributed by atoms with Crippen molar-refractivity contribution >= 4 is 17.1 Å². The number of benzene rings is 3. The molecule has 1 heterocycles. The van der Waals surface area contributed by atoms with Crippen molar-refractivity contribution < 1.29 is 19.0 Å². The van der Waals surface area contributed by atoms with Crippen LogP contribution in [0.1, 0.15) is 24.2 Å². The molecular weight excluding hydrogens is 304 g/mol. The molecule has 0 aliphatic carbocycles. The van der Waals surface area contributed by atoms with Crippen LogP contribution in [-0.2, 0) is 0 Å². The Kier molecular flexibility index (Phi) is 3.38. The van der Waals surface area contributed by atoms with Crippen molar-refractivity contribution in [2.75, 3.05) is 0 Å². The van der Waals surface area contributed by atoms with Crippen molar-refractivity contribution in [2.45, 2.75) is 20.0 Å². The second-order valence-corrected chi connectivity index (χ2v) is 5.94. The zero-order valence-electron chi connectivity index (χ0n) is 13.4. The molecule has 24 heavy (non-hydrogen) atoms. The zero-order chi connectivity index (χ0) is 16.7. The van der Waals surface area contributed by atoms with Gasteiger partial charge < -0.3 is 14.2 Å². The van der Waals surface area contributed by atoms with Gasteiger partial charge in [-0.3, -0.25) is 4.79 Å². The minimum atomic E-state index is 0.0716. The third-order valence-electron chi connectivity index (χ3n) is 3.82. The average molecular weight is 320 g/mol. The Labute approximate surface area is 139 Å². The third kappa shape index (κ3) is 2.36. The van der Waals surface area contributed by atoms with E-state index in [1.54, 1.807) is 12.1 Å². The van der Waals surface area contributed by atoms with Crippen LogP contribution in [0.25, 0.3) is 10.8 Å². The smallest absolute Gasteiger partial charge is 0.181 e. The van der Waals surface area contributed by atoms with Gasteiger partial charge >= 0.3 is 0 Å². The summed E-state index contributed by atoms with van der Waals surface area (Å²) in [5.41, 5.74) is 0.469. The molecule has 0 atom stereocenters. The standard InChI is InChI=1S/C20H16O4/c1-12(2)22-15-7-8-17-18(10-15)24-20-16-6-4-3-5-13(16)9-14(11-21)19(20)23-17/h3-12H,1-2H3. The van der Waals surface area contributed by atoms with Crippen LogP contribution in [0.4, 0.5) is 0 Å². The van der Waals surface area contributed by atoms with E-state index in [1.165, 1.54) is 0 Å². The molecule has 0 aromatic heterocycles. The first kappa shape index (κ1) is 14.6. The number of aldehydes is 1. The lowest BCUT2D eigenvalue weighted by Crippen LogP contribution is -2.07. The monoisotopic (exact) mass is 320 g/mol. The Hall–Kier alpha value is -3.01. The Balaban J connectivity index is 1.86. The predicted molar refractivity (Wildman–Crippen MR) is 91.7 cm³/mol. The first-order valence-electron chi connectivity index (χ1n) is 7.83. The molecule has 3 aromatic carbocycles. The maximum Gasteiger partial charge on any atom is 0.181 e. The van der Waals surface area contributed by atoms with Gasteiger partial charge in [-0.25, -0.2) is 0 Å². The molecule has 0 spiro atoms. The molecule has 4 rings (SSSR count). The van der Waals surface area contributed by atoms with Crippen LogP contribution in [0, 0.1) is 0 Å². The molecule has 1 aliphatic rings. The molecule has 1 aliphatic heterocycles. The molecule has 0 radical (unpaired) electrons. The maximum atomic E-state index is 11.5. The maximum absolute atomic E-state index is 11.5. The summed E-state index contributed by atoms with van der Waals surface area (Å²) in [5, 5.41) is 1.83. The SMILES string of the molecule is CC(C)Oc1ccc2c(c1)Oc1c(c(C=O)cc3ccccc13)O2. The molecule has 0 N–H and O–H groups in total. The van der Waals surface area contributed by atoms with Gasteiger partial charge in [-0.15, -0.1) is 0 Å². The van der Waals surface area contributed by atoms with Crippen molar-refractivity contribution in [3.63, 3.8) is 0 Å². The van der Waals surface area contributed by atoms with Crippen molar-refractivity contribution in [3.05, 3.63) is 54.1 Å². The third-order valence-corrected chi connectivity index (χ3v) is 3.82. The summed E-state index contributed by atoms with van der Waals surface area (Å²) in [4.78, 5) is 11.5. The average Bonchev–Trinajstić information content (AvgIpc) is 2.59. The summed E-state index contributed by atoms with van der Waals surface area (Å²) in [5.74, 6) is 2.87. The first-order chi connectivity index (χ1) is 11.7. The molecule has 0 saturated carbocycles. The van der Waals surface area contributed by atoms with Gasteiger partial charge in [0, 0.05) is 11.5 Å². The van der Waals surface area contributed by atoms with Crippen molar-refractivity contribution in [2.24, 2.45) is 0 Å². The minimum absolute atomic E-state index is 0.0716. The fourth-order valence-electron chi connectivity index (χ4n) is 2.83. The second kappa shape index (κ2) is 5.57. The minimum Gasteiger partial charge on any atom is -0.491 e. The van der Waals surface area contributed by atoms with Crippen LogP contribution < -0.4 is 14.2 Å². The number of hydrogen-bond donors (Lipinski definition) is 0. The van der Waals surface area contributed by atoms with Crippen LogP contribution in [0.15, 0.2) is 48.5 Å². The molecule has 4 nitrogen and oxygen atoms in total. The van der Waals surface area contributed by atoms with Crippen LogP contribution in [0.3, 0.4) is 0 Å². The number of rotatable bonds is 3. The van der Waals surface area contributed by atoms with Gasteiger partial charge in [0.15, 0.2) is 29.3 Å². The number of carbonyl (C=O) groups is 1. The molecular formula is C20H16O4. The summed E-state index contributed by atoms with van der Waals surface area (Å²) < 4.78 is 17.8. The van der Waals surface area contributed by atoms with Gasteiger partial charge in [-0.05, 0) is 37.4 Å². The number of ether oxygens (including phenoxy) is 3. The predicted octanol–water partition coefficient (Wildman–Crippen LogP) is 5.34. The lowest BCUT2D eigenvalue weighted by Gasteiger charge is -2.24. The van der Waals surface area contributed by atoms with E-state index in [2.05, 4.69) is 0 Å². The van der Waals surface area contributed by atoms with Crippen LogP contribution >= 0.6 is 0 Å². The molecule has 3 aromatic rings. The fourth-order valence-corrected chi connectivity index (χ4v) is 2.83. The van der Waals surface area contributed by atoms with Gasteiger partial charge in [0.25, 0.3) is 0 Å². The van der Waals surface area contributed by atoms with Crippen LogP contribution in [0.5, 0.6) is 28.7 Å². The second-order valence-electron chi connectivity index (χ2n) is 5.94. The lowest BCUT2D eigenvalue weighted by atomic mass is 10.0. The highest BCUT2D eigenvalue weighted by atomic mass is 16.6. The highest BCUT2D eigenvalue weighted by Crippen LogP contribution is 2.50. The molecule has 0 unspecified atom stereocenters. The van der Waals surface area contributed by atoms with Crippen molar-refractivity contribution in [1.29, 1.82) is 0 Å². The molecule has 0 saturated heterocycles. The van der Waals surface area contributed by atoms with Crippen molar-refractivity contribution in [3.8, 4) is 28.7 Å². The normalized spacial score (nSPS) is 12.1. The van der Waals surface area contributed by atoms with Gasteiger partial charge in [0.1, 0.15) is 5.75 Å². The lowest BCUT2D eigenvalue weighted by molar-refractivity contribution is 0.112.